The molecule has 1 fully saturated rings. The Morgan fingerprint density at radius 3 is 2.30 bits per heavy atom. The van der Waals surface area contributed by atoms with Gasteiger partial charge in [0.2, 0.25) is 10.0 Å². The number of rotatable bonds is 4. The summed E-state index contributed by atoms with van der Waals surface area (Å²) in [7, 11) is -4.22. The molecule has 0 aliphatic carbocycles. The van der Waals surface area contributed by atoms with Crippen molar-refractivity contribution in [3.63, 3.8) is 0 Å². The molecule has 1 aromatic heterocycles. The zero-order valence-corrected chi connectivity index (χ0v) is 14.7. The number of carbonyl (C=O) groups excluding carboxylic acids is 1. The van der Waals surface area contributed by atoms with Gasteiger partial charge in [-0.1, -0.05) is 12.1 Å². The first-order valence-electron chi connectivity index (χ1n) is 7.86. The van der Waals surface area contributed by atoms with Crippen LogP contribution in [0, 0.1) is 0 Å². The number of carbonyl (C=O) groups is 1. The predicted molar refractivity (Wildman–Crippen MR) is 86.5 cm³/mol. The summed E-state index contributed by atoms with van der Waals surface area (Å²) < 4.78 is 73.0. The fraction of sp³-hybridized carbons (Fsp3) is 0.312. The van der Waals surface area contributed by atoms with Gasteiger partial charge in [0.05, 0.1) is 6.26 Å². The molecule has 1 amide bonds. The zero-order chi connectivity index (χ0) is 19.7. The maximum atomic E-state index is 12.8. The summed E-state index contributed by atoms with van der Waals surface area (Å²) in [5.41, 5.74) is 0. The SMILES string of the molecule is O=C(c1ccco1)N1CCN(S(=O)(=O)c2ccccc2OC(F)(F)F)CC1. The van der Waals surface area contributed by atoms with Crippen LogP contribution >= 0.6 is 0 Å². The number of ether oxygens (including phenoxy) is 1. The molecule has 0 bridgehead atoms. The molecule has 2 heterocycles. The van der Waals surface area contributed by atoms with E-state index in [1.807, 2.05) is 0 Å². The molecule has 146 valence electrons. The Labute approximate surface area is 153 Å². The number of nitrogens with zero attached hydrogens (tertiary/aromatic N) is 2. The lowest BCUT2D eigenvalue weighted by Crippen LogP contribution is -2.50. The van der Waals surface area contributed by atoms with E-state index in [4.69, 9.17) is 4.42 Å². The van der Waals surface area contributed by atoms with Gasteiger partial charge in [-0.2, -0.15) is 4.31 Å². The topological polar surface area (TPSA) is 80.1 Å². The van der Waals surface area contributed by atoms with Gasteiger partial charge in [-0.05, 0) is 24.3 Å². The van der Waals surface area contributed by atoms with E-state index in [1.54, 1.807) is 6.07 Å². The van der Waals surface area contributed by atoms with Gasteiger partial charge >= 0.3 is 6.36 Å². The van der Waals surface area contributed by atoms with Crippen molar-refractivity contribution in [2.24, 2.45) is 0 Å². The highest BCUT2D eigenvalue weighted by molar-refractivity contribution is 7.89. The fourth-order valence-electron chi connectivity index (χ4n) is 2.70. The number of halogens is 3. The third-order valence-electron chi connectivity index (χ3n) is 3.95. The number of para-hydroxylation sites is 1. The average Bonchev–Trinajstić information content (AvgIpc) is 3.15. The number of hydrogen-bond acceptors (Lipinski definition) is 5. The van der Waals surface area contributed by atoms with Crippen molar-refractivity contribution < 1.29 is 35.5 Å². The number of hydrogen-bond donors (Lipinski definition) is 0. The van der Waals surface area contributed by atoms with Gasteiger partial charge in [0.25, 0.3) is 5.91 Å². The van der Waals surface area contributed by atoms with E-state index in [0.29, 0.717) is 0 Å². The Balaban J connectivity index is 1.75. The summed E-state index contributed by atoms with van der Waals surface area (Å²) in [5.74, 6) is -1.04. The minimum Gasteiger partial charge on any atom is -0.459 e. The third kappa shape index (κ3) is 4.25. The van der Waals surface area contributed by atoms with Gasteiger partial charge in [-0.3, -0.25) is 4.79 Å². The van der Waals surface area contributed by atoms with Gasteiger partial charge in [0.1, 0.15) is 10.6 Å². The molecule has 27 heavy (non-hydrogen) atoms. The van der Waals surface area contributed by atoms with Crippen molar-refractivity contribution >= 4 is 15.9 Å². The Bertz CT molecular complexity index is 904. The molecule has 0 N–H and O–H groups in total. The summed E-state index contributed by atoms with van der Waals surface area (Å²) >= 11 is 0. The zero-order valence-electron chi connectivity index (χ0n) is 13.8. The van der Waals surface area contributed by atoms with Gasteiger partial charge in [-0.15, -0.1) is 13.2 Å². The first-order chi connectivity index (χ1) is 12.7. The third-order valence-corrected chi connectivity index (χ3v) is 5.89. The molecular formula is C16H15F3N2O5S. The minimum atomic E-state index is -5.01. The summed E-state index contributed by atoms with van der Waals surface area (Å²) in [5, 5.41) is 0. The highest BCUT2D eigenvalue weighted by Gasteiger charge is 2.37. The van der Waals surface area contributed by atoms with Crippen LogP contribution in [-0.4, -0.2) is 56.1 Å². The number of sulfonamides is 1. The number of furan rings is 1. The summed E-state index contributed by atoms with van der Waals surface area (Å²) in [4.78, 5) is 13.1. The fourth-order valence-corrected chi connectivity index (χ4v) is 4.24. The lowest BCUT2D eigenvalue weighted by molar-refractivity contribution is -0.275. The average molecular weight is 404 g/mol. The molecule has 0 saturated carbocycles. The van der Waals surface area contributed by atoms with Crippen molar-refractivity contribution in [3.05, 3.63) is 48.4 Å². The van der Waals surface area contributed by atoms with E-state index in [2.05, 4.69) is 4.74 Å². The van der Waals surface area contributed by atoms with Crippen LogP contribution < -0.4 is 4.74 Å². The summed E-state index contributed by atoms with van der Waals surface area (Å²) in [6.07, 6.45) is -3.66. The first kappa shape index (κ1) is 19.2. The number of alkyl halides is 3. The maximum Gasteiger partial charge on any atom is 0.573 e. The molecule has 1 aliphatic heterocycles. The normalized spacial score (nSPS) is 16.3. The van der Waals surface area contributed by atoms with Crippen molar-refractivity contribution in [1.82, 2.24) is 9.21 Å². The van der Waals surface area contributed by atoms with E-state index in [9.17, 15) is 26.4 Å². The Kier molecular flexibility index (Phi) is 5.16. The molecule has 3 rings (SSSR count). The van der Waals surface area contributed by atoms with Gasteiger partial charge in [-0.25, -0.2) is 8.42 Å². The predicted octanol–water partition coefficient (Wildman–Crippen LogP) is 2.32. The first-order valence-corrected chi connectivity index (χ1v) is 9.30. The van der Waals surface area contributed by atoms with E-state index in [-0.39, 0.29) is 37.8 Å². The molecule has 0 spiro atoms. The second-order valence-corrected chi connectivity index (χ2v) is 7.57. The molecule has 7 nitrogen and oxygen atoms in total. The molecule has 0 radical (unpaired) electrons. The van der Waals surface area contributed by atoms with Crippen LogP contribution in [0.2, 0.25) is 0 Å². The molecule has 1 aliphatic rings. The molecule has 0 atom stereocenters. The van der Waals surface area contributed by atoms with Gasteiger partial charge < -0.3 is 14.1 Å². The van der Waals surface area contributed by atoms with Crippen LogP contribution in [0.5, 0.6) is 5.75 Å². The van der Waals surface area contributed by atoms with Crippen molar-refractivity contribution in [1.29, 1.82) is 0 Å². The van der Waals surface area contributed by atoms with Crippen LogP contribution in [-0.2, 0) is 10.0 Å². The number of piperazine rings is 1. The second-order valence-electron chi connectivity index (χ2n) is 5.67. The molecule has 2 aromatic rings. The molecule has 1 aromatic carbocycles. The van der Waals surface area contributed by atoms with Crippen LogP contribution in [0.3, 0.4) is 0 Å². The van der Waals surface area contributed by atoms with E-state index < -0.39 is 27.0 Å². The molecule has 11 heteroatoms. The lowest BCUT2D eigenvalue weighted by atomic mass is 10.3. The van der Waals surface area contributed by atoms with Crippen LogP contribution in [0.15, 0.2) is 52.0 Å². The summed E-state index contributed by atoms with van der Waals surface area (Å²) in [6, 6.07) is 7.61. The summed E-state index contributed by atoms with van der Waals surface area (Å²) in [6.45, 7) is 0.0480. The smallest absolute Gasteiger partial charge is 0.459 e. The van der Waals surface area contributed by atoms with Crippen molar-refractivity contribution in [2.45, 2.75) is 11.3 Å². The van der Waals surface area contributed by atoms with Crippen LogP contribution in [0.25, 0.3) is 0 Å². The van der Waals surface area contributed by atoms with E-state index in [1.165, 1.54) is 29.4 Å². The number of amides is 1. The highest BCUT2D eigenvalue weighted by atomic mass is 32.2. The quantitative estimate of drug-likeness (QED) is 0.782. The van der Waals surface area contributed by atoms with E-state index >= 15 is 0 Å². The van der Waals surface area contributed by atoms with Crippen LogP contribution in [0.1, 0.15) is 10.6 Å². The maximum absolute atomic E-state index is 12.8. The standard InChI is InChI=1S/C16H15F3N2O5S/c17-16(18,19)26-12-4-1-2-6-14(12)27(23,24)21-9-7-20(8-10-21)15(22)13-5-3-11-25-13/h1-6,11H,7-10H2. The minimum absolute atomic E-state index is 0.0604. The molecule has 0 unspecified atom stereocenters. The molecule has 1 saturated heterocycles. The van der Waals surface area contributed by atoms with E-state index in [0.717, 1.165) is 16.4 Å². The molecular weight excluding hydrogens is 389 g/mol. The Morgan fingerprint density at radius 1 is 1.04 bits per heavy atom. The largest absolute Gasteiger partial charge is 0.573 e. The Morgan fingerprint density at radius 2 is 1.70 bits per heavy atom. The highest BCUT2D eigenvalue weighted by Crippen LogP contribution is 2.31. The monoisotopic (exact) mass is 404 g/mol. The van der Waals surface area contributed by atoms with Gasteiger partial charge in [0, 0.05) is 26.2 Å². The van der Waals surface area contributed by atoms with Crippen molar-refractivity contribution in [3.8, 4) is 5.75 Å². The van der Waals surface area contributed by atoms with Crippen LogP contribution in [0.4, 0.5) is 13.2 Å². The Hall–Kier alpha value is -2.53. The van der Waals surface area contributed by atoms with Gasteiger partial charge in [0.15, 0.2) is 5.76 Å². The van der Waals surface area contributed by atoms with Crippen molar-refractivity contribution in [2.75, 3.05) is 26.2 Å². The lowest BCUT2D eigenvalue weighted by Gasteiger charge is -2.33. The number of benzene rings is 1. The second kappa shape index (κ2) is 7.24.